The third-order valence-corrected chi connectivity index (χ3v) is 2.55. The highest BCUT2D eigenvalue weighted by Crippen LogP contribution is 2.22. The highest BCUT2D eigenvalue weighted by molar-refractivity contribution is 6.05. The molecule has 0 atom stereocenters. The van der Waals surface area contributed by atoms with Crippen molar-refractivity contribution >= 4 is 17.6 Å². The summed E-state index contributed by atoms with van der Waals surface area (Å²) >= 11 is 0. The normalized spacial score (nSPS) is 15.2. The molecule has 1 aromatic carbocycles. The number of ether oxygens (including phenoxy) is 1. The van der Waals surface area contributed by atoms with Crippen LogP contribution in [0.25, 0.3) is 0 Å². The maximum atomic E-state index is 11.7. The van der Waals surface area contributed by atoms with Crippen LogP contribution in [0.15, 0.2) is 36.9 Å². The molecule has 1 saturated heterocycles. The van der Waals surface area contributed by atoms with E-state index in [-0.39, 0.29) is 5.91 Å². The number of carbonyl (C=O) groups excluding carboxylic acids is 2. The minimum atomic E-state index is -0.396. The first-order chi connectivity index (χ1) is 8.70. The molecule has 1 aliphatic heterocycles. The van der Waals surface area contributed by atoms with Gasteiger partial charge in [0.1, 0.15) is 12.4 Å². The second-order valence-electron chi connectivity index (χ2n) is 3.85. The Morgan fingerprint density at radius 1 is 1.44 bits per heavy atom. The molecule has 0 saturated carbocycles. The second-order valence-corrected chi connectivity index (χ2v) is 3.85. The summed E-state index contributed by atoms with van der Waals surface area (Å²) in [7, 11) is 0. The van der Waals surface area contributed by atoms with Gasteiger partial charge < -0.3 is 4.74 Å². The van der Waals surface area contributed by atoms with E-state index in [1.54, 1.807) is 30.3 Å². The molecule has 0 spiro atoms. The molecule has 94 valence electrons. The van der Waals surface area contributed by atoms with Gasteiger partial charge in [0.05, 0.1) is 0 Å². The van der Waals surface area contributed by atoms with Gasteiger partial charge in [0, 0.05) is 24.7 Å². The lowest BCUT2D eigenvalue weighted by Gasteiger charge is -2.26. The Balaban J connectivity index is 2.14. The number of anilines is 1. The summed E-state index contributed by atoms with van der Waals surface area (Å²) in [5, 5.41) is 2.28. The van der Waals surface area contributed by atoms with Crippen LogP contribution in [0.4, 0.5) is 10.5 Å². The number of urea groups is 1. The van der Waals surface area contributed by atoms with Gasteiger partial charge in [-0.3, -0.25) is 15.0 Å². The van der Waals surface area contributed by atoms with Crippen LogP contribution in [-0.2, 0) is 4.79 Å². The standard InChI is InChI=1S/C13H14N2O3/c1-2-8-18-11-5-3-4-10(9-11)15-7-6-12(16)14-13(15)17/h2-5,9H,1,6-8H2,(H,14,16,17). The summed E-state index contributed by atoms with van der Waals surface area (Å²) in [5.74, 6) is 0.424. The largest absolute Gasteiger partial charge is 0.489 e. The summed E-state index contributed by atoms with van der Waals surface area (Å²) in [6.45, 7) is 4.37. The molecule has 18 heavy (non-hydrogen) atoms. The molecule has 0 bridgehead atoms. The minimum absolute atomic E-state index is 0.240. The number of amides is 3. The summed E-state index contributed by atoms with van der Waals surface area (Å²) in [4.78, 5) is 24.2. The zero-order valence-electron chi connectivity index (χ0n) is 9.89. The van der Waals surface area contributed by atoms with Crippen molar-refractivity contribution in [3.63, 3.8) is 0 Å². The number of hydrogen-bond acceptors (Lipinski definition) is 3. The van der Waals surface area contributed by atoms with Gasteiger partial charge >= 0.3 is 6.03 Å². The number of rotatable bonds is 4. The van der Waals surface area contributed by atoms with Crippen molar-refractivity contribution in [1.29, 1.82) is 0 Å². The molecule has 0 radical (unpaired) electrons. The van der Waals surface area contributed by atoms with Crippen molar-refractivity contribution < 1.29 is 14.3 Å². The lowest BCUT2D eigenvalue weighted by molar-refractivity contribution is -0.120. The molecular weight excluding hydrogens is 232 g/mol. The van der Waals surface area contributed by atoms with E-state index in [1.165, 1.54) is 4.90 Å². The molecule has 0 aliphatic carbocycles. The Labute approximate surface area is 105 Å². The maximum absolute atomic E-state index is 11.7. The van der Waals surface area contributed by atoms with Gasteiger partial charge in [-0.05, 0) is 12.1 Å². The molecule has 5 nitrogen and oxygen atoms in total. The average Bonchev–Trinajstić information content (AvgIpc) is 2.36. The van der Waals surface area contributed by atoms with Crippen LogP contribution in [0.5, 0.6) is 5.75 Å². The lowest BCUT2D eigenvalue weighted by atomic mass is 10.2. The van der Waals surface area contributed by atoms with Crippen LogP contribution >= 0.6 is 0 Å². The Morgan fingerprint density at radius 3 is 3.00 bits per heavy atom. The van der Waals surface area contributed by atoms with Crippen molar-refractivity contribution in [2.24, 2.45) is 0 Å². The number of imide groups is 1. The van der Waals surface area contributed by atoms with E-state index in [0.29, 0.717) is 31.0 Å². The molecule has 2 rings (SSSR count). The van der Waals surface area contributed by atoms with E-state index < -0.39 is 6.03 Å². The van der Waals surface area contributed by atoms with Gasteiger partial charge in [-0.15, -0.1) is 0 Å². The molecule has 1 aliphatic rings. The number of nitrogens with zero attached hydrogens (tertiary/aromatic N) is 1. The van der Waals surface area contributed by atoms with Crippen molar-refractivity contribution in [2.45, 2.75) is 6.42 Å². The van der Waals surface area contributed by atoms with Gasteiger partial charge in [-0.1, -0.05) is 18.7 Å². The monoisotopic (exact) mass is 246 g/mol. The minimum Gasteiger partial charge on any atom is -0.489 e. The van der Waals surface area contributed by atoms with Crippen molar-refractivity contribution in [3.8, 4) is 5.75 Å². The van der Waals surface area contributed by atoms with Gasteiger partial charge in [-0.2, -0.15) is 0 Å². The fourth-order valence-corrected chi connectivity index (χ4v) is 1.71. The number of nitrogens with one attached hydrogen (secondary N) is 1. The molecule has 5 heteroatoms. The summed E-state index contributed by atoms with van der Waals surface area (Å²) in [5.41, 5.74) is 0.710. The van der Waals surface area contributed by atoms with E-state index in [9.17, 15) is 9.59 Å². The number of carbonyl (C=O) groups is 2. The van der Waals surface area contributed by atoms with Gasteiger partial charge in [0.2, 0.25) is 5.91 Å². The Hall–Kier alpha value is -2.30. The van der Waals surface area contributed by atoms with E-state index in [1.807, 2.05) is 0 Å². The SMILES string of the molecule is C=CCOc1cccc(N2CCC(=O)NC2=O)c1. The Kier molecular flexibility index (Phi) is 3.62. The summed E-state index contributed by atoms with van der Waals surface area (Å²) in [6.07, 6.45) is 1.96. The molecule has 1 aromatic rings. The highest BCUT2D eigenvalue weighted by Gasteiger charge is 2.24. The smallest absolute Gasteiger partial charge is 0.328 e. The van der Waals surface area contributed by atoms with Crippen LogP contribution in [-0.4, -0.2) is 25.1 Å². The first-order valence-corrected chi connectivity index (χ1v) is 5.66. The van der Waals surface area contributed by atoms with Crippen LogP contribution < -0.4 is 15.0 Å². The van der Waals surface area contributed by atoms with E-state index in [2.05, 4.69) is 11.9 Å². The fraction of sp³-hybridized carbons (Fsp3) is 0.231. The van der Waals surface area contributed by atoms with Gasteiger partial charge in [0.15, 0.2) is 0 Å². The molecule has 1 N–H and O–H groups in total. The zero-order valence-corrected chi connectivity index (χ0v) is 9.89. The Bertz CT molecular complexity index is 485. The van der Waals surface area contributed by atoms with E-state index in [4.69, 9.17) is 4.74 Å². The van der Waals surface area contributed by atoms with Crippen LogP contribution in [0.2, 0.25) is 0 Å². The van der Waals surface area contributed by atoms with Crippen LogP contribution in [0.3, 0.4) is 0 Å². The molecule has 0 aromatic heterocycles. The third kappa shape index (κ3) is 2.68. The summed E-state index contributed by atoms with van der Waals surface area (Å²) < 4.78 is 5.40. The molecule has 3 amide bonds. The number of benzene rings is 1. The first-order valence-electron chi connectivity index (χ1n) is 5.66. The van der Waals surface area contributed by atoms with Crippen LogP contribution in [0, 0.1) is 0 Å². The van der Waals surface area contributed by atoms with E-state index in [0.717, 1.165) is 0 Å². The molecule has 0 unspecified atom stereocenters. The van der Waals surface area contributed by atoms with Gasteiger partial charge in [-0.25, -0.2) is 4.79 Å². The predicted molar refractivity (Wildman–Crippen MR) is 67.6 cm³/mol. The second kappa shape index (κ2) is 5.35. The quantitative estimate of drug-likeness (QED) is 0.822. The molecule has 1 fully saturated rings. The fourth-order valence-electron chi connectivity index (χ4n) is 1.71. The van der Waals surface area contributed by atoms with Crippen molar-refractivity contribution in [2.75, 3.05) is 18.1 Å². The predicted octanol–water partition coefficient (Wildman–Crippen LogP) is 1.70. The van der Waals surface area contributed by atoms with E-state index >= 15 is 0 Å². The summed E-state index contributed by atoms with van der Waals surface area (Å²) in [6, 6.07) is 6.78. The van der Waals surface area contributed by atoms with Crippen LogP contribution in [0.1, 0.15) is 6.42 Å². The number of hydrogen-bond donors (Lipinski definition) is 1. The zero-order chi connectivity index (χ0) is 13.0. The lowest BCUT2D eigenvalue weighted by Crippen LogP contribution is -2.49. The molecule has 1 heterocycles. The van der Waals surface area contributed by atoms with Gasteiger partial charge in [0.25, 0.3) is 0 Å². The maximum Gasteiger partial charge on any atom is 0.328 e. The topological polar surface area (TPSA) is 58.6 Å². The highest BCUT2D eigenvalue weighted by atomic mass is 16.5. The van der Waals surface area contributed by atoms with Crippen molar-refractivity contribution in [3.05, 3.63) is 36.9 Å². The average molecular weight is 246 g/mol. The molecular formula is C13H14N2O3. The van der Waals surface area contributed by atoms with Crippen molar-refractivity contribution in [1.82, 2.24) is 5.32 Å². The third-order valence-electron chi connectivity index (χ3n) is 2.55. The first kappa shape index (κ1) is 12.2. The Morgan fingerprint density at radius 2 is 2.28 bits per heavy atom.